The number of ether oxygens (including phenoxy) is 2. The Morgan fingerprint density at radius 2 is 2.00 bits per heavy atom. The lowest BCUT2D eigenvalue weighted by molar-refractivity contribution is 0.201. The van der Waals surface area contributed by atoms with Crippen LogP contribution in [0.4, 0.5) is 10.5 Å². The predicted octanol–water partition coefficient (Wildman–Crippen LogP) is 2.43. The van der Waals surface area contributed by atoms with Crippen LogP contribution in [0.2, 0.25) is 0 Å². The first-order chi connectivity index (χ1) is 11.4. The minimum Gasteiger partial charge on any atom is -0.493 e. The van der Waals surface area contributed by atoms with Crippen LogP contribution >= 0.6 is 15.9 Å². The molecule has 128 valence electrons. The van der Waals surface area contributed by atoms with Crippen LogP contribution in [0.3, 0.4) is 0 Å². The fourth-order valence-electron chi connectivity index (χ4n) is 2.35. The molecule has 24 heavy (non-hydrogen) atoms. The van der Waals surface area contributed by atoms with Crippen LogP contribution < -0.4 is 4.90 Å². The second-order valence-corrected chi connectivity index (χ2v) is 6.46. The summed E-state index contributed by atoms with van der Waals surface area (Å²) in [4.78, 5) is 12.5. The zero-order valence-corrected chi connectivity index (χ0v) is 15.2. The first-order valence-electron chi connectivity index (χ1n) is 6.65. The van der Waals surface area contributed by atoms with Crippen molar-refractivity contribution in [3.05, 3.63) is 52.4 Å². The summed E-state index contributed by atoms with van der Waals surface area (Å²) in [5, 5.41) is 9.63. The summed E-state index contributed by atoms with van der Waals surface area (Å²) in [6, 6.07) is 5.46. The van der Waals surface area contributed by atoms with Gasteiger partial charge >= 0.3 is 6.09 Å². The molecule has 1 aliphatic rings. The first kappa shape index (κ1) is 18.1. The minimum absolute atomic E-state index is 0.0282. The summed E-state index contributed by atoms with van der Waals surface area (Å²) in [6.07, 6.45) is 1.61. The molecule has 2 rings (SSSR count). The highest BCUT2D eigenvalue weighted by Gasteiger charge is 2.35. The van der Waals surface area contributed by atoms with Gasteiger partial charge in [-0.2, -0.15) is 8.42 Å². The normalized spacial score (nSPS) is 16.8. The van der Waals surface area contributed by atoms with Gasteiger partial charge < -0.3 is 14.6 Å². The summed E-state index contributed by atoms with van der Waals surface area (Å²) < 4.78 is 34.4. The van der Waals surface area contributed by atoms with Crippen molar-refractivity contribution >= 4 is 42.9 Å². The Balaban J connectivity index is 2.64. The van der Waals surface area contributed by atoms with Gasteiger partial charge in [-0.15, -0.1) is 0 Å². The highest BCUT2D eigenvalue weighted by molar-refractivity contribution is 9.10. The highest BCUT2D eigenvalue weighted by atomic mass is 79.9. The SMILES string of the molecule is COC1=C(OC)C(=S(=O)=O)C(N(C(=O)O)c2cccc(Br)c2)C=C1. The third kappa shape index (κ3) is 3.46. The molecule has 1 atom stereocenters. The van der Waals surface area contributed by atoms with E-state index in [0.717, 1.165) is 4.90 Å². The van der Waals surface area contributed by atoms with E-state index in [9.17, 15) is 18.3 Å². The molecule has 0 saturated carbocycles. The van der Waals surface area contributed by atoms with Gasteiger partial charge in [-0.1, -0.05) is 28.1 Å². The van der Waals surface area contributed by atoms with Gasteiger partial charge in [0.25, 0.3) is 0 Å². The number of halogens is 1. The number of anilines is 1. The highest BCUT2D eigenvalue weighted by Crippen LogP contribution is 2.27. The van der Waals surface area contributed by atoms with Crippen molar-refractivity contribution in [1.29, 1.82) is 0 Å². The van der Waals surface area contributed by atoms with E-state index < -0.39 is 22.4 Å². The maximum atomic E-state index is 11.8. The zero-order valence-electron chi connectivity index (χ0n) is 12.8. The maximum absolute atomic E-state index is 11.8. The number of nitrogens with zero attached hydrogens (tertiary/aromatic N) is 1. The molecule has 0 aromatic heterocycles. The summed E-state index contributed by atoms with van der Waals surface area (Å²) in [7, 11) is -0.0528. The Bertz CT molecular complexity index is 850. The van der Waals surface area contributed by atoms with E-state index in [4.69, 9.17) is 9.47 Å². The average molecular weight is 416 g/mol. The lowest BCUT2D eigenvalue weighted by atomic mass is 10.0. The third-order valence-corrected chi connectivity index (χ3v) is 4.60. The van der Waals surface area contributed by atoms with Gasteiger partial charge in [0, 0.05) is 10.2 Å². The minimum atomic E-state index is -2.71. The fourth-order valence-corrected chi connectivity index (χ4v) is 3.46. The molecule has 9 heteroatoms. The van der Waals surface area contributed by atoms with Crippen molar-refractivity contribution in [3.63, 3.8) is 0 Å². The molecule has 0 heterocycles. The summed E-state index contributed by atoms with van der Waals surface area (Å²) in [5.74, 6) is 0.173. The van der Waals surface area contributed by atoms with Crippen molar-refractivity contribution in [2.75, 3.05) is 19.1 Å². The Morgan fingerprint density at radius 1 is 1.29 bits per heavy atom. The fraction of sp³-hybridized carbons (Fsp3) is 0.200. The molecule has 7 nitrogen and oxygen atoms in total. The van der Waals surface area contributed by atoms with Gasteiger partial charge in [0.1, 0.15) is 10.9 Å². The number of hydrogen-bond donors (Lipinski definition) is 1. The van der Waals surface area contributed by atoms with Crippen molar-refractivity contribution in [3.8, 4) is 0 Å². The van der Waals surface area contributed by atoms with Crippen LogP contribution in [-0.2, 0) is 19.8 Å². The number of carboxylic acid groups (broad SMARTS) is 1. The molecule has 0 radical (unpaired) electrons. The quantitative estimate of drug-likeness (QED) is 0.758. The number of hydrogen-bond acceptors (Lipinski definition) is 5. The Kier molecular flexibility index (Phi) is 5.68. The molecule has 0 aliphatic heterocycles. The average Bonchev–Trinajstić information content (AvgIpc) is 2.53. The molecule has 1 aromatic rings. The largest absolute Gasteiger partial charge is 0.493 e. The molecule has 1 aliphatic carbocycles. The van der Waals surface area contributed by atoms with Gasteiger partial charge in [-0.3, -0.25) is 4.90 Å². The first-order valence-corrected chi connectivity index (χ1v) is 8.52. The van der Waals surface area contributed by atoms with E-state index in [-0.39, 0.29) is 16.4 Å². The summed E-state index contributed by atoms with van der Waals surface area (Å²) in [5.41, 5.74) is 0.311. The van der Waals surface area contributed by atoms with Gasteiger partial charge in [0.2, 0.25) is 10.3 Å². The molecule has 1 N–H and O–H groups in total. The van der Waals surface area contributed by atoms with E-state index in [1.165, 1.54) is 26.4 Å². The Labute approximate surface area is 148 Å². The number of rotatable bonds is 4. The topological polar surface area (TPSA) is 93.1 Å². The molecule has 1 amide bonds. The van der Waals surface area contributed by atoms with Crippen LogP contribution in [0.25, 0.3) is 0 Å². The molecular formula is C15H14BrNO6S. The van der Waals surface area contributed by atoms with Crippen molar-refractivity contribution in [2.24, 2.45) is 0 Å². The van der Waals surface area contributed by atoms with Crippen molar-refractivity contribution in [2.45, 2.75) is 6.04 Å². The second-order valence-electron chi connectivity index (χ2n) is 4.64. The molecule has 0 bridgehead atoms. The zero-order chi connectivity index (χ0) is 17.9. The smallest absolute Gasteiger partial charge is 0.412 e. The third-order valence-electron chi connectivity index (χ3n) is 3.32. The lowest BCUT2D eigenvalue weighted by Crippen LogP contribution is -2.46. The lowest BCUT2D eigenvalue weighted by Gasteiger charge is -2.30. The molecule has 0 spiro atoms. The monoisotopic (exact) mass is 415 g/mol. The van der Waals surface area contributed by atoms with Crippen molar-refractivity contribution < 1.29 is 27.8 Å². The van der Waals surface area contributed by atoms with Gasteiger partial charge in [0.05, 0.1) is 14.2 Å². The molecular weight excluding hydrogens is 402 g/mol. The number of allylic oxidation sites excluding steroid dienone is 1. The standard InChI is InChI=1S/C15H14BrNO6S/c1-22-12-7-6-11(14(24(20)21)13(12)23-2)17(15(18)19)10-5-3-4-9(16)8-10/h3-8,11H,1-2H3,(H,18,19). The molecule has 0 saturated heterocycles. The number of benzene rings is 1. The van der Waals surface area contributed by atoms with Crippen LogP contribution in [-0.4, -0.2) is 44.7 Å². The Morgan fingerprint density at radius 3 is 2.50 bits per heavy atom. The van der Waals surface area contributed by atoms with Crippen LogP contribution in [0, 0.1) is 0 Å². The number of carbonyl (C=O) groups is 1. The van der Waals surface area contributed by atoms with Gasteiger partial charge in [-0.25, -0.2) is 4.79 Å². The molecule has 1 aromatic carbocycles. The van der Waals surface area contributed by atoms with Crippen molar-refractivity contribution in [1.82, 2.24) is 0 Å². The molecule has 1 unspecified atom stereocenters. The summed E-state index contributed by atoms with van der Waals surface area (Å²) in [6.45, 7) is 0. The predicted molar refractivity (Wildman–Crippen MR) is 92.5 cm³/mol. The molecule has 0 fully saturated rings. The van der Waals surface area contributed by atoms with Gasteiger partial charge in [0.15, 0.2) is 11.5 Å². The van der Waals surface area contributed by atoms with Gasteiger partial charge in [-0.05, 0) is 24.3 Å². The van der Waals surface area contributed by atoms with Crippen LogP contribution in [0.5, 0.6) is 0 Å². The van der Waals surface area contributed by atoms with Crippen LogP contribution in [0.15, 0.2) is 52.4 Å². The maximum Gasteiger partial charge on any atom is 0.412 e. The van der Waals surface area contributed by atoms with E-state index in [2.05, 4.69) is 15.9 Å². The van der Waals surface area contributed by atoms with E-state index in [1.54, 1.807) is 24.3 Å². The second kappa shape index (κ2) is 7.54. The van der Waals surface area contributed by atoms with E-state index in [0.29, 0.717) is 10.2 Å². The summed E-state index contributed by atoms with van der Waals surface area (Å²) >= 11 is 3.27. The van der Waals surface area contributed by atoms with E-state index >= 15 is 0 Å². The Hall–Kier alpha value is -2.26. The van der Waals surface area contributed by atoms with Crippen LogP contribution in [0.1, 0.15) is 0 Å². The number of methoxy groups -OCH3 is 2. The number of amides is 1. The van der Waals surface area contributed by atoms with E-state index in [1.807, 2.05) is 0 Å².